The van der Waals surface area contributed by atoms with Crippen LogP contribution in [0, 0.1) is 0 Å². The van der Waals surface area contributed by atoms with Crippen molar-refractivity contribution in [3.8, 4) is 17.2 Å². The summed E-state index contributed by atoms with van der Waals surface area (Å²) in [6, 6.07) is 10.8. The van der Waals surface area contributed by atoms with Crippen molar-refractivity contribution in [2.45, 2.75) is 6.42 Å². The van der Waals surface area contributed by atoms with Gasteiger partial charge in [-0.3, -0.25) is 4.79 Å². The highest BCUT2D eigenvalue weighted by Crippen LogP contribution is 2.33. The number of rotatable bonds is 7. The zero-order valence-corrected chi connectivity index (χ0v) is 15.2. The van der Waals surface area contributed by atoms with E-state index in [-0.39, 0.29) is 5.91 Å². The van der Waals surface area contributed by atoms with Crippen LogP contribution in [0.15, 0.2) is 61.7 Å². The lowest BCUT2D eigenvalue weighted by Crippen LogP contribution is -2.15. The molecule has 3 aromatic rings. The molecule has 0 spiro atoms. The first kappa shape index (κ1) is 18.2. The average Bonchev–Trinajstić information content (AvgIpc) is 3.22. The number of hydrogen-bond donors (Lipinski definition) is 1. The van der Waals surface area contributed by atoms with Gasteiger partial charge >= 0.3 is 0 Å². The molecule has 7 heteroatoms. The summed E-state index contributed by atoms with van der Waals surface area (Å²) >= 11 is 0. The summed E-state index contributed by atoms with van der Waals surface area (Å²) in [5.74, 6) is 0.817. The second-order valence-electron chi connectivity index (χ2n) is 5.68. The zero-order chi connectivity index (χ0) is 19.2. The maximum atomic E-state index is 12.9. The molecule has 138 valence electrons. The van der Waals surface area contributed by atoms with Crippen molar-refractivity contribution in [1.82, 2.24) is 14.8 Å². The number of nitrogens with zero attached hydrogens (tertiary/aromatic N) is 3. The number of para-hydroxylation sites is 2. The molecule has 3 rings (SSSR count). The van der Waals surface area contributed by atoms with Crippen LogP contribution >= 0.6 is 0 Å². The molecular weight excluding hydrogens is 344 g/mol. The summed E-state index contributed by atoms with van der Waals surface area (Å²) in [5.41, 5.74) is 2.61. The molecule has 2 aromatic carbocycles. The Morgan fingerprint density at radius 2 is 2.07 bits per heavy atom. The van der Waals surface area contributed by atoms with Gasteiger partial charge in [-0.2, -0.15) is 5.10 Å². The average molecular weight is 364 g/mol. The quantitative estimate of drug-likeness (QED) is 0.651. The number of amides is 1. The van der Waals surface area contributed by atoms with Crippen molar-refractivity contribution in [2.75, 3.05) is 19.5 Å². The van der Waals surface area contributed by atoms with E-state index < -0.39 is 0 Å². The van der Waals surface area contributed by atoms with Gasteiger partial charge in [0.25, 0.3) is 5.91 Å². The van der Waals surface area contributed by atoms with E-state index in [4.69, 9.17) is 9.47 Å². The summed E-state index contributed by atoms with van der Waals surface area (Å²) in [5, 5.41) is 7.05. The molecule has 1 N–H and O–H groups in total. The van der Waals surface area contributed by atoms with Gasteiger partial charge in [-0.15, -0.1) is 6.58 Å². The molecule has 0 aliphatic heterocycles. The molecule has 0 aliphatic rings. The fraction of sp³-hybridized carbons (Fsp3) is 0.150. The third-order valence-electron chi connectivity index (χ3n) is 4.00. The van der Waals surface area contributed by atoms with Crippen molar-refractivity contribution >= 4 is 11.6 Å². The molecule has 0 bridgehead atoms. The molecule has 27 heavy (non-hydrogen) atoms. The summed E-state index contributed by atoms with van der Waals surface area (Å²) in [7, 11) is 3.11. The molecule has 0 saturated heterocycles. The van der Waals surface area contributed by atoms with Crippen LogP contribution in [0.3, 0.4) is 0 Å². The number of nitrogens with one attached hydrogen (secondary N) is 1. The smallest absolute Gasteiger partial charge is 0.255 e. The van der Waals surface area contributed by atoms with Crippen LogP contribution in [-0.2, 0) is 6.42 Å². The first-order valence-electron chi connectivity index (χ1n) is 8.29. The number of hydrogen-bond acceptors (Lipinski definition) is 5. The number of aromatic nitrogens is 3. The highest BCUT2D eigenvalue weighted by atomic mass is 16.5. The van der Waals surface area contributed by atoms with Gasteiger partial charge in [0.15, 0.2) is 11.5 Å². The van der Waals surface area contributed by atoms with E-state index in [1.54, 1.807) is 42.4 Å². The lowest BCUT2D eigenvalue weighted by molar-refractivity contribution is 0.102. The molecule has 7 nitrogen and oxygen atoms in total. The third kappa shape index (κ3) is 3.82. The maximum absolute atomic E-state index is 12.9. The van der Waals surface area contributed by atoms with Crippen molar-refractivity contribution in [3.63, 3.8) is 0 Å². The van der Waals surface area contributed by atoms with Gasteiger partial charge in [0.05, 0.1) is 25.6 Å². The Kier molecular flexibility index (Phi) is 5.51. The Labute approximate surface area is 157 Å². The van der Waals surface area contributed by atoms with Crippen LogP contribution < -0.4 is 14.8 Å². The number of ether oxygens (including phenoxy) is 2. The molecule has 0 radical (unpaired) electrons. The van der Waals surface area contributed by atoms with Crippen LogP contribution in [0.5, 0.6) is 11.5 Å². The topological polar surface area (TPSA) is 78.3 Å². The van der Waals surface area contributed by atoms with Crippen LogP contribution in [-0.4, -0.2) is 34.9 Å². The van der Waals surface area contributed by atoms with Crippen molar-refractivity contribution in [3.05, 3.63) is 72.8 Å². The predicted molar refractivity (Wildman–Crippen MR) is 103 cm³/mol. The van der Waals surface area contributed by atoms with E-state index in [0.29, 0.717) is 29.2 Å². The molecule has 0 aliphatic carbocycles. The van der Waals surface area contributed by atoms with Crippen LogP contribution in [0.25, 0.3) is 5.69 Å². The second kappa shape index (κ2) is 8.18. The lowest BCUT2D eigenvalue weighted by Gasteiger charge is -2.15. The van der Waals surface area contributed by atoms with Crippen molar-refractivity contribution in [1.29, 1.82) is 0 Å². The Hall–Kier alpha value is -3.61. The monoisotopic (exact) mass is 364 g/mol. The minimum Gasteiger partial charge on any atom is -0.493 e. The lowest BCUT2D eigenvalue weighted by atomic mass is 10.0. The summed E-state index contributed by atoms with van der Waals surface area (Å²) < 4.78 is 12.4. The highest BCUT2D eigenvalue weighted by Gasteiger charge is 2.17. The first-order chi connectivity index (χ1) is 13.2. The van der Waals surface area contributed by atoms with E-state index in [1.165, 1.54) is 13.4 Å². The third-order valence-corrected chi connectivity index (χ3v) is 4.00. The van der Waals surface area contributed by atoms with Gasteiger partial charge in [0, 0.05) is 11.1 Å². The van der Waals surface area contributed by atoms with E-state index in [0.717, 1.165) is 11.3 Å². The normalized spacial score (nSPS) is 10.3. The first-order valence-corrected chi connectivity index (χ1v) is 8.29. The summed E-state index contributed by atoms with van der Waals surface area (Å²) in [6.45, 7) is 3.76. The number of allylic oxidation sites excluding steroid dienone is 1. The van der Waals surface area contributed by atoms with Gasteiger partial charge in [0.2, 0.25) is 0 Å². The second-order valence-corrected chi connectivity index (χ2v) is 5.68. The molecule has 0 fully saturated rings. The minimum absolute atomic E-state index is 0.270. The Morgan fingerprint density at radius 1 is 1.26 bits per heavy atom. The van der Waals surface area contributed by atoms with Crippen LogP contribution in [0.4, 0.5) is 5.69 Å². The van der Waals surface area contributed by atoms with Gasteiger partial charge in [0.1, 0.15) is 12.7 Å². The fourth-order valence-corrected chi connectivity index (χ4v) is 2.79. The Morgan fingerprint density at radius 3 is 2.74 bits per heavy atom. The number of anilines is 1. The SMILES string of the molecule is C=CCc1cc(C(=O)Nc2ccccc2-n2cncn2)cc(OC)c1OC. The number of carbonyl (C=O) groups is 1. The molecule has 0 unspecified atom stereocenters. The highest BCUT2D eigenvalue weighted by molar-refractivity contribution is 6.05. The van der Waals surface area contributed by atoms with Gasteiger partial charge < -0.3 is 14.8 Å². The van der Waals surface area contributed by atoms with E-state index in [9.17, 15) is 4.79 Å². The molecule has 1 heterocycles. The van der Waals surface area contributed by atoms with Gasteiger partial charge in [-0.1, -0.05) is 18.2 Å². The Balaban J connectivity index is 1.96. The molecule has 1 aromatic heterocycles. The fourth-order valence-electron chi connectivity index (χ4n) is 2.79. The molecular formula is C20H20N4O3. The summed E-state index contributed by atoms with van der Waals surface area (Å²) in [6.07, 6.45) is 5.31. The minimum atomic E-state index is -0.270. The van der Waals surface area contributed by atoms with E-state index >= 15 is 0 Å². The zero-order valence-electron chi connectivity index (χ0n) is 15.2. The van der Waals surface area contributed by atoms with Gasteiger partial charge in [-0.25, -0.2) is 9.67 Å². The number of benzene rings is 2. The van der Waals surface area contributed by atoms with Crippen molar-refractivity contribution < 1.29 is 14.3 Å². The predicted octanol–water partition coefficient (Wildman–Crippen LogP) is 3.27. The summed E-state index contributed by atoms with van der Waals surface area (Å²) in [4.78, 5) is 16.8. The number of carbonyl (C=O) groups excluding carboxylic acids is 1. The molecule has 0 saturated carbocycles. The van der Waals surface area contributed by atoms with Crippen LogP contribution in [0.2, 0.25) is 0 Å². The van der Waals surface area contributed by atoms with Crippen LogP contribution in [0.1, 0.15) is 15.9 Å². The van der Waals surface area contributed by atoms with E-state index in [1.807, 2.05) is 18.2 Å². The molecule has 0 atom stereocenters. The Bertz CT molecular complexity index is 952. The number of methoxy groups -OCH3 is 2. The standard InChI is InChI=1S/C20H20N4O3/c1-4-7-14-10-15(11-18(26-2)19(14)27-3)20(25)23-16-8-5-6-9-17(16)24-13-21-12-22-24/h4-6,8-13H,1,7H2,2-3H3,(H,23,25). The maximum Gasteiger partial charge on any atom is 0.255 e. The largest absolute Gasteiger partial charge is 0.493 e. The van der Waals surface area contributed by atoms with Gasteiger partial charge in [-0.05, 0) is 30.7 Å². The van der Waals surface area contributed by atoms with E-state index in [2.05, 4.69) is 22.0 Å². The van der Waals surface area contributed by atoms with Crippen molar-refractivity contribution in [2.24, 2.45) is 0 Å². The molecule has 1 amide bonds.